The van der Waals surface area contributed by atoms with Crippen molar-refractivity contribution in [2.24, 2.45) is 0 Å². The van der Waals surface area contributed by atoms with E-state index in [1.54, 1.807) is 13.0 Å². The van der Waals surface area contributed by atoms with Gasteiger partial charge in [-0.15, -0.1) is 0 Å². The fraction of sp³-hybridized carbons (Fsp3) is 0.462. The Labute approximate surface area is 113 Å². The van der Waals surface area contributed by atoms with Crippen LogP contribution in [0.3, 0.4) is 0 Å². The minimum atomic E-state index is -3.34. The Morgan fingerprint density at radius 3 is 2.47 bits per heavy atom. The van der Waals surface area contributed by atoms with Crippen molar-refractivity contribution in [1.82, 2.24) is 4.90 Å². The number of hydrogen-bond acceptors (Lipinski definition) is 4. The van der Waals surface area contributed by atoms with Crippen LogP contribution in [0.4, 0.5) is 0 Å². The van der Waals surface area contributed by atoms with Gasteiger partial charge in [0.15, 0.2) is 9.84 Å². The van der Waals surface area contributed by atoms with Crippen LogP contribution in [0.15, 0.2) is 23.1 Å². The van der Waals surface area contributed by atoms with Gasteiger partial charge in [-0.3, -0.25) is 4.79 Å². The molecule has 0 fully saturated rings. The molecule has 19 heavy (non-hydrogen) atoms. The number of aliphatic hydroxyl groups excluding tert-OH is 1. The molecule has 6 heteroatoms. The van der Waals surface area contributed by atoms with Crippen LogP contribution in [0.25, 0.3) is 0 Å². The molecular weight excluding hydrogens is 266 g/mol. The van der Waals surface area contributed by atoms with Crippen LogP contribution in [0.2, 0.25) is 0 Å². The summed E-state index contributed by atoms with van der Waals surface area (Å²) in [5.74, 6) is -0.264. The summed E-state index contributed by atoms with van der Waals surface area (Å²) in [5.41, 5.74) is 1.08. The SMILES string of the molecule is CCN(CCO)C(=O)c1cc(S(C)(=O)=O)ccc1C. The Bertz CT molecular complexity index is 566. The van der Waals surface area contributed by atoms with Crippen LogP contribution < -0.4 is 0 Å². The van der Waals surface area contributed by atoms with Crippen LogP contribution in [0.1, 0.15) is 22.8 Å². The molecule has 1 rings (SSSR count). The van der Waals surface area contributed by atoms with Gasteiger partial charge in [-0.05, 0) is 31.5 Å². The summed E-state index contributed by atoms with van der Waals surface area (Å²) >= 11 is 0. The average molecular weight is 285 g/mol. The molecule has 0 saturated carbocycles. The normalized spacial score (nSPS) is 11.4. The first-order valence-electron chi connectivity index (χ1n) is 6.02. The Morgan fingerprint density at radius 1 is 1.37 bits per heavy atom. The molecule has 0 atom stereocenters. The number of carbonyl (C=O) groups is 1. The zero-order valence-corrected chi connectivity index (χ0v) is 12.2. The van der Waals surface area contributed by atoms with E-state index in [1.165, 1.54) is 17.0 Å². The number of amides is 1. The number of aliphatic hydroxyl groups is 1. The summed E-state index contributed by atoms with van der Waals surface area (Å²) in [5, 5.41) is 8.93. The van der Waals surface area contributed by atoms with Crippen molar-refractivity contribution in [3.63, 3.8) is 0 Å². The highest BCUT2D eigenvalue weighted by Crippen LogP contribution is 2.17. The zero-order valence-electron chi connectivity index (χ0n) is 11.4. The van der Waals surface area contributed by atoms with Gasteiger partial charge in [0, 0.05) is 24.9 Å². The first-order valence-corrected chi connectivity index (χ1v) is 7.91. The highest BCUT2D eigenvalue weighted by Gasteiger charge is 2.18. The number of hydrogen-bond donors (Lipinski definition) is 1. The van der Waals surface area contributed by atoms with E-state index < -0.39 is 9.84 Å². The van der Waals surface area contributed by atoms with Gasteiger partial charge in [0.2, 0.25) is 0 Å². The van der Waals surface area contributed by atoms with Gasteiger partial charge in [0.05, 0.1) is 11.5 Å². The molecule has 0 aliphatic rings. The lowest BCUT2D eigenvalue weighted by molar-refractivity contribution is 0.0731. The second kappa shape index (κ2) is 6.16. The van der Waals surface area contributed by atoms with Crippen LogP contribution in [0, 0.1) is 6.92 Å². The summed E-state index contributed by atoms with van der Waals surface area (Å²) in [6.07, 6.45) is 1.11. The van der Waals surface area contributed by atoms with Gasteiger partial charge in [0.25, 0.3) is 5.91 Å². The van der Waals surface area contributed by atoms with Gasteiger partial charge >= 0.3 is 0 Å². The molecule has 0 spiro atoms. The van der Waals surface area contributed by atoms with Crippen molar-refractivity contribution in [2.75, 3.05) is 26.0 Å². The Morgan fingerprint density at radius 2 is 2.00 bits per heavy atom. The molecule has 1 aromatic rings. The molecule has 0 aliphatic heterocycles. The first-order chi connectivity index (χ1) is 8.81. The van der Waals surface area contributed by atoms with E-state index in [-0.39, 0.29) is 24.0 Å². The highest BCUT2D eigenvalue weighted by molar-refractivity contribution is 7.90. The number of nitrogens with zero attached hydrogens (tertiary/aromatic N) is 1. The van der Waals surface area contributed by atoms with Gasteiger partial charge in [-0.2, -0.15) is 0 Å². The van der Waals surface area contributed by atoms with E-state index >= 15 is 0 Å². The van der Waals surface area contributed by atoms with Gasteiger partial charge in [-0.25, -0.2) is 8.42 Å². The lowest BCUT2D eigenvalue weighted by Crippen LogP contribution is -2.33. The van der Waals surface area contributed by atoms with Gasteiger partial charge in [-0.1, -0.05) is 6.07 Å². The molecule has 0 heterocycles. The standard InChI is InChI=1S/C13H19NO4S/c1-4-14(7-8-15)13(16)12-9-11(19(3,17)18)6-5-10(12)2/h5-6,9,15H,4,7-8H2,1-3H3. The maximum atomic E-state index is 12.3. The van der Waals surface area contributed by atoms with Crippen molar-refractivity contribution >= 4 is 15.7 Å². The van der Waals surface area contributed by atoms with Crippen molar-refractivity contribution in [3.8, 4) is 0 Å². The average Bonchev–Trinajstić information content (AvgIpc) is 2.34. The largest absolute Gasteiger partial charge is 0.395 e. The van der Waals surface area contributed by atoms with Crippen LogP contribution in [-0.2, 0) is 9.84 Å². The number of aryl methyl sites for hydroxylation is 1. The van der Waals surface area contributed by atoms with E-state index in [0.29, 0.717) is 17.7 Å². The van der Waals surface area contributed by atoms with Crippen molar-refractivity contribution < 1.29 is 18.3 Å². The number of likely N-dealkylation sites (N-methyl/N-ethyl adjacent to an activating group) is 1. The number of carbonyl (C=O) groups excluding carboxylic acids is 1. The van der Waals surface area contributed by atoms with Crippen LogP contribution in [-0.4, -0.2) is 50.3 Å². The van der Waals surface area contributed by atoms with Crippen LogP contribution in [0.5, 0.6) is 0 Å². The summed E-state index contributed by atoms with van der Waals surface area (Å²) in [6.45, 7) is 4.14. The van der Waals surface area contributed by atoms with Crippen molar-refractivity contribution in [2.45, 2.75) is 18.7 Å². The van der Waals surface area contributed by atoms with Crippen LogP contribution >= 0.6 is 0 Å². The molecule has 0 saturated heterocycles. The Balaban J connectivity index is 3.22. The number of sulfone groups is 1. The lowest BCUT2D eigenvalue weighted by Gasteiger charge is -2.21. The van der Waals surface area contributed by atoms with E-state index in [9.17, 15) is 13.2 Å². The first kappa shape index (κ1) is 15.7. The molecular formula is C13H19NO4S. The molecule has 0 radical (unpaired) electrons. The third kappa shape index (κ3) is 3.78. The van der Waals surface area contributed by atoms with Gasteiger partial charge < -0.3 is 10.0 Å². The predicted octanol–water partition coefficient (Wildman–Crippen LogP) is 0.853. The molecule has 0 unspecified atom stereocenters. The zero-order chi connectivity index (χ0) is 14.6. The topological polar surface area (TPSA) is 74.7 Å². The molecule has 106 valence electrons. The second-order valence-electron chi connectivity index (χ2n) is 4.36. The van der Waals surface area contributed by atoms with Crippen molar-refractivity contribution in [3.05, 3.63) is 29.3 Å². The Hall–Kier alpha value is -1.40. The molecule has 0 bridgehead atoms. The lowest BCUT2D eigenvalue weighted by atomic mass is 10.1. The summed E-state index contributed by atoms with van der Waals surface area (Å²) in [7, 11) is -3.34. The quantitative estimate of drug-likeness (QED) is 0.870. The molecule has 5 nitrogen and oxygen atoms in total. The van der Waals surface area contributed by atoms with Crippen molar-refractivity contribution in [1.29, 1.82) is 0 Å². The Kier molecular flexibility index (Phi) is 5.08. The smallest absolute Gasteiger partial charge is 0.254 e. The highest BCUT2D eigenvalue weighted by atomic mass is 32.2. The monoisotopic (exact) mass is 285 g/mol. The maximum Gasteiger partial charge on any atom is 0.254 e. The molecule has 0 aromatic heterocycles. The fourth-order valence-electron chi connectivity index (χ4n) is 1.76. The molecule has 0 aliphatic carbocycles. The molecule has 1 amide bonds. The summed E-state index contributed by atoms with van der Waals surface area (Å²) in [4.78, 5) is 13.9. The fourth-order valence-corrected chi connectivity index (χ4v) is 2.40. The second-order valence-corrected chi connectivity index (χ2v) is 6.37. The van der Waals surface area contributed by atoms with E-state index in [4.69, 9.17) is 5.11 Å². The predicted molar refractivity (Wildman–Crippen MR) is 73.0 cm³/mol. The number of rotatable bonds is 5. The summed E-state index contributed by atoms with van der Waals surface area (Å²) < 4.78 is 23.0. The minimum absolute atomic E-state index is 0.121. The third-order valence-electron chi connectivity index (χ3n) is 2.91. The molecule has 1 aromatic carbocycles. The summed E-state index contributed by atoms with van der Waals surface area (Å²) in [6, 6.07) is 4.51. The number of benzene rings is 1. The minimum Gasteiger partial charge on any atom is -0.395 e. The maximum absolute atomic E-state index is 12.3. The van der Waals surface area contributed by atoms with E-state index in [0.717, 1.165) is 6.26 Å². The van der Waals surface area contributed by atoms with E-state index in [1.807, 2.05) is 6.92 Å². The van der Waals surface area contributed by atoms with E-state index in [2.05, 4.69) is 0 Å². The third-order valence-corrected chi connectivity index (χ3v) is 4.02. The van der Waals surface area contributed by atoms with Gasteiger partial charge in [0.1, 0.15) is 0 Å². The molecule has 1 N–H and O–H groups in total.